The molecule has 3 nitrogen and oxygen atoms in total. The molecule has 1 N–H and O–H groups in total. The lowest BCUT2D eigenvalue weighted by Gasteiger charge is -2.33. The summed E-state index contributed by atoms with van der Waals surface area (Å²) < 4.78 is 0. The van der Waals surface area contributed by atoms with Crippen LogP contribution in [-0.4, -0.2) is 55.2 Å². The second-order valence-corrected chi connectivity index (χ2v) is 4.39. The van der Waals surface area contributed by atoms with Gasteiger partial charge in [0.1, 0.15) is 0 Å². The molecule has 0 aromatic carbocycles. The van der Waals surface area contributed by atoms with Crippen LogP contribution < -0.4 is 5.32 Å². The van der Waals surface area contributed by atoms with Gasteiger partial charge in [-0.1, -0.05) is 6.92 Å². The summed E-state index contributed by atoms with van der Waals surface area (Å²) in [6, 6.07) is 0. The summed E-state index contributed by atoms with van der Waals surface area (Å²) in [4.78, 5) is 5.31. The third-order valence-corrected chi connectivity index (χ3v) is 3.53. The molecule has 2 aliphatic heterocycles. The van der Waals surface area contributed by atoms with E-state index in [2.05, 4.69) is 22.0 Å². The third-order valence-electron chi connectivity index (χ3n) is 3.53. The highest BCUT2D eigenvalue weighted by Gasteiger charge is 2.28. The van der Waals surface area contributed by atoms with Crippen LogP contribution in [0.25, 0.3) is 0 Å². The van der Waals surface area contributed by atoms with Crippen LogP contribution in [-0.2, 0) is 0 Å². The first-order chi connectivity index (χ1) is 6.92. The zero-order chi connectivity index (χ0) is 9.80. The fraction of sp³-hybridized carbons (Fsp3) is 1.00. The average Bonchev–Trinajstić information content (AvgIpc) is 2.52. The second-order valence-electron chi connectivity index (χ2n) is 4.39. The molecule has 0 bridgehead atoms. The largest absolute Gasteiger partial charge is 0.315 e. The van der Waals surface area contributed by atoms with Crippen molar-refractivity contribution in [1.29, 1.82) is 0 Å². The molecule has 3 heteroatoms. The minimum Gasteiger partial charge on any atom is -0.315 e. The SMILES string of the molecule is CCN1CCCC1N1CCCNCC1. The van der Waals surface area contributed by atoms with Gasteiger partial charge in [0.05, 0.1) is 6.17 Å². The van der Waals surface area contributed by atoms with E-state index in [1.54, 1.807) is 0 Å². The summed E-state index contributed by atoms with van der Waals surface area (Å²) in [5.74, 6) is 0. The minimum absolute atomic E-state index is 0.750. The molecule has 2 saturated heterocycles. The van der Waals surface area contributed by atoms with Gasteiger partial charge in [-0.05, 0) is 38.9 Å². The summed E-state index contributed by atoms with van der Waals surface area (Å²) in [6.45, 7) is 9.72. The number of nitrogens with one attached hydrogen (secondary N) is 1. The molecule has 0 aromatic heterocycles. The van der Waals surface area contributed by atoms with E-state index in [1.807, 2.05) is 0 Å². The lowest BCUT2D eigenvalue weighted by Crippen LogP contribution is -2.45. The quantitative estimate of drug-likeness (QED) is 0.704. The Labute approximate surface area is 87.4 Å². The van der Waals surface area contributed by atoms with Crippen molar-refractivity contribution in [2.75, 3.05) is 39.3 Å². The van der Waals surface area contributed by atoms with Crippen LogP contribution in [0.1, 0.15) is 26.2 Å². The zero-order valence-electron chi connectivity index (χ0n) is 9.34. The third kappa shape index (κ3) is 2.27. The van der Waals surface area contributed by atoms with E-state index < -0.39 is 0 Å². The van der Waals surface area contributed by atoms with Gasteiger partial charge in [-0.25, -0.2) is 0 Å². The molecule has 0 aromatic rings. The van der Waals surface area contributed by atoms with Crippen molar-refractivity contribution in [2.24, 2.45) is 0 Å². The smallest absolute Gasteiger partial charge is 0.0623 e. The van der Waals surface area contributed by atoms with E-state index >= 15 is 0 Å². The number of rotatable bonds is 2. The number of hydrogen-bond acceptors (Lipinski definition) is 3. The normalized spacial score (nSPS) is 31.9. The Hall–Kier alpha value is -0.120. The topological polar surface area (TPSA) is 18.5 Å². The molecular formula is C11H23N3. The maximum Gasteiger partial charge on any atom is 0.0623 e. The van der Waals surface area contributed by atoms with Crippen molar-refractivity contribution in [3.8, 4) is 0 Å². The minimum atomic E-state index is 0.750. The van der Waals surface area contributed by atoms with Crippen LogP contribution >= 0.6 is 0 Å². The Morgan fingerprint density at radius 2 is 2.07 bits per heavy atom. The van der Waals surface area contributed by atoms with Crippen LogP contribution in [0.5, 0.6) is 0 Å². The molecule has 0 spiro atoms. The zero-order valence-corrected chi connectivity index (χ0v) is 9.34. The van der Waals surface area contributed by atoms with E-state index in [-0.39, 0.29) is 0 Å². The predicted octanol–water partition coefficient (Wildman–Crippen LogP) is 0.724. The van der Waals surface area contributed by atoms with Gasteiger partial charge >= 0.3 is 0 Å². The molecule has 2 aliphatic rings. The van der Waals surface area contributed by atoms with Crippen molar-refractivity contribution in [3.63, 3.8) is 0 Å². The molecule has 1 atom stereocenters. The number of likely N-dealkylation sites (tertiary alicyclic amines) is 1. The summed E-state index contributed by atoms with van der Waals surface area (Å²) in [5, 5.41) is 3.47. The summed E-state index contributed by atoms with van der Waals surface area (Å²) >= 11 is 0. The van der Waals surface area contributed by atoms with Crippen LogP contribution in [0.15, 0.2) is 0 Å². The fourth-order valence-corrected chi connectivity index (χ4v) is 2.76. The van der Waals surface area contributed by atoms with E-state index in [0.717, 1.165) is 6.17 Å². The monoisotopic (exact) mass is 197 g/mol. The van der Waals surface area contributed by atoms with E-state index in [0.29, 0.717) is 0 Å². The Kier molecular flexibility index (Phi) is 3.79. The molecule has 0 radical (unpaired) electrons. The fourth-order valence-electron chi connectivity index (χ4n) is 2.76. The Morgan fingerprint density at radius 3 is 2.93 bits per heavy atom. The first kappa shape index (κ1) is 10.4. The first-order valence-corrected chi connectivity index (χ1v) is 6.10. The van der Waals surface area contributed by atoms with Gasteiger partial charge < -0.3 is 5.32 Å². The van der Waals surface area contributed by atoms with Crippen molar-refractivity contribution < 1.29 is 0 Å². The van der Waals surface area contributed by atoms with Gasteiger partial charge in [-0.3, -0.25) is 9.80 Å². The maximum atomic E-state index is 3.47. The Bertz CT molecular complexity index is 164. The van der Waals surface area contributed by atoms with Crippen LogP contribution in [0.4, 0.5) is 0 Å². The van der Waals surface area contributed by atoms with E-state index in [1.165, 1.54) is 58.5 Å². The predicted molar refractivity (Wildman–Crippen MR) is 59.3 cm³/mol. The second kappa shape index (κ2) is 5.10. The lowest BCUT2D eigenvalue weighted by atomic mass is 10.3. The van der Waals surface area contributed by atoms with Crippen LogP contribution in [0.2, 0.25) is 0 Å². The van der Waals surface area contributed by atoms with Gasteiger partial charge in [0.25, 0.3) is 0 Å². The lowest BCUT2D eigenvalue weighted by molar-refractivity contribution is 0.0845. The van der Waals surface area contributed by atoms with Crippen molar-refractivity contribution >= 4 is 0 Å². The van der Waals surface area contributed by atoms with Gasteiger partial charge in [-0.2, -0.15) is 0 Å². The molecule has 0 amide bonds. The highest BCUT2D eigenvalue weighted by molar-refractivity contribution is 4.80. The van der Waals surface area contributed by atoms with Crippen molar-refractivity contribution in [1.82, 2.24) is 15.1 Å². The summed E-state index contributed by atoms with van der Waals surface area (Å²) in [7, 11) is 0. The Balaban J connectivity index is 1.91. The molecule has 0 saturated carbocycles. The molecular weight excluding hydrogens is 174 g/mol. The number of hydrogen-bond donors (Lipinski definition) is 1. The average molecular weight is 197 g/mol. The van der Waals surface area contributed by atoms with E-state index in [4.69, 9.17) is 0 Å². The van der Waals surface area contributed by atoms with Gasteiger partial charge in [-0.15, -0.1) is 0 Å². The van der Waals surface area contributed by atoms with Crippen LogP contribution in [0.3, 0.4) is 0 Å². The summed E-state index contributed by atoms with van der Waals surface area (Å²) in [6.07, 6.45) is 4.84. The molecule has 2 rings (SSSR count). The summed E-state index contributed by atoms with van der Waals surface area (Å²) in [5.41, 5.74) is 0. The molecule has 2 fully saturated rings. The molecule has 1 unspecified atom stereocenters. The van der Waals surface area contributed by atoms with Crippen molar-refractivity contribution in [3.05, 3.63) is 0 Å². The van der Waals surface area contributed by atoms with E-state index in [9.17, 15) is 0 Å². The maximum absolute atomic E-state index is 3.47. The number of nitrogens with zero attached hydrogens (tertiary/aromatic N) is 2. The Morgan fingerprint density at radius 1 is 1.14 bits per heavy atom. The van der Waals surface area contributed by atoms with Crippen LogP contribution in [0, 0.1) is 0 Å². The van der Waals surface area contributed by atoms with Gasteiger partial charge in [0, 0.05) is 19.6 Å². The van der Waals surface area contributed by atoms with Crippen molar-refractivity contribution in [2.45, 2.75) is 32.4 Å². The van der Waals surface area contributed by atoms with Gasteiger partial charge in [0.15, 0.2) is 0 Å². The highest BCUT2D eigenvalue weighted by atomic mass is 15.4. The molecule has 14 heavy (non-hydrogen) atoms. The molecule has 0 aliphatic carbocycles. The standard InChI is InChI=1S/C11H23N3/c1-2-13-8-3-5-11(13)14-9-4-6-12-7-10-14/h11-12H,2-10H2,1H3. The van der Waals surface area contributed by atoms with Gasteiger partial charge in [0.2, 0.25) is 0 Å². The molecule has 82 valence electrons. The highest BCUT2D eigenvalue weighted by Crippen LogP contribution is 2.20. The molecule has 2 heterocycles. The first-order valence-electron chi connectivity index (χ1n) is 6.10.